The second-order valence-electron chi connectivity index (χ2n) is 8.82. The Labute approximate surface area is 154 Å². The second-order valence-corrected chi connectivity index (χ2v) is 8.82. The smallest absolute Gasteiger partial charge is 0.224 e. The summed E-state index contributed by atoms with van der Waals surface area (Å²) in [5.41, 5.74) is 1.85. The van der Waals surface area contributed by atoms with Crippen molar-refractivity contribution < 1.29 is 15.0 Å². The number of fused-ring (bicyclic) bond motifs is 1. The number of piperidine rings is 1. The highest BCUT2D eigenvalue weighted by Crippen LogP contribution is 2.67. The summed E-state index contributed by atoms with van der Waals surface area (Å²) in [5, 5.41) is 20.8. The van der Waals surface area contributed by atoms with Crippen LogP contribution < -0.4 is 4.90 Å². The van der Waals surface area contributed by atoms with E-state index in [-0.39, 0.29) is 28.9 Å². The summed E-state index contributed by atoms with van der Waals surface area (Å²) in [6, 6.07) is 4.11. The van der Waals surface area contributed by atoms with E-state index >= 15 is 0 Å². The first-order valence-electron chi connectivity index (χ1n) is 10.1. The van der Waals surface area contributed by atoms with Crippen LogP contribution >= 0.6 is 0 Å². The highest BCUT2D eigenvalue weighted by Gasteiger charge is 2.68. The lowest BCUT2D eigenvalue weighted by atomic mass is 9.52. The maximum Gasteiger partial charge on any atom is 0.224 e. The SMILES string of the molecule is CCC12CCCN3CCC4(c5ccc(O)c(O)c5N(C(C)=O)C4CC1)C32. The molecule has 1 amide bonds. The van der Waals surface area contributed by atoms with E-state index in [2.05, 4.69) is 11.8 Å². The molecule has 0 bridgehead atoms. The van der Waals surface area contributed by atoms with Crippen molar-refractivity contribution in [3.8, 4) is 11.5 Å². The molecule has 3 aliphatic heterocycles. The number of rotatable bonds is 1. The fourth-order valence-corrected chi connectivity index (χ4v) is 7.25. The van der Waals surface area contributed by atoms with E-state index in [4.69, 9.17) is 0 Å². The van der Waals surface area contributed by atoms with Crippen LogP contribution in [-0.4, -0.2) is 46.2 Å². The fourth-order valence-electron chi connectivity index (χ4n) is 7.25. The Bertz CT molecular complexity index is 794. The maximum absolute atomic E-state index is 12.6. The minimum absolute atomic E-state index is 0.0349. The Balaban J connectivity index is 1.78. The number of amides is 1. The molecule has 5 heteroatoms. The zero-order chi connectivity index (χ0) is 18.3. The molecule has 4 aliphatic rings. The standard InChI is InChI=1S/C21H28N2O3/c1-3-20-8-4-11-22-12-10-21(19(20)22)14-5-6-15(25)18(26)17(14)23(13(2)24)16(21)7-9-20/h5-6,16,19,25-26H,3-4,7-12H2,1-2H3. The highest BCUT2D eigenvalue weighted by atomic mass is 16.3. The van der Waals surface area contributed by atoms with Gasteiger partial charge in [0.15, 0.2) is 11.5 Å². The number of carbonyl (C=O) groups excluding carboxylic acids is 1. The highest BCUT2D eigenvalue weighted by molar-refractivity contribution is 5.98. The number of hydrogen-bond donors (Lipinski definition) is 2. The second kappa shape index (κ2) is 5.16. The van der Waals surface area contributed by atoms with Gasteiger partial charge in [0.2, 0.25) is 5.91 Å². The van der Waals surface area contributed by atoms with Crippen LogP contribution in [0.1, 0.15) is 57.9 Å². The van der Waals surface area contributed by atoms with Crippen LogP contribution in [-0.2, 0) is 10.2 Å². The van der Waals surface area contributed by atoms with E-state index in [1.165, 1.54) is 19.3 Å². The number of nitrogens with zero attached hydrogens (tertiary/aromatic N) is 2. The zero-order valence-electron chi connectivity index (χ0n) is 15.7. The lowest BCUT2D eigenvalue weighted by Gasteiger charge is -2.58. The van der Waals surface area contributed by atoms with Crippen molar-refractivity contribution in [2.45, 2.75) is 69.9 Å². The van der Waals surface area contributed by atoms with E-state index in [9.17, 15) is 15.0 Å². The van der Waals surface area contributed by atoms with Crippen LogP contribution in [0.3, 0.4) is 0 Å². The topological polar surface area (TPSA) is 64.0 Å². The number of benzene rings is 1. The molecule has 1 spiro atoms. The molecule has 140 valence electrons. The van der Waals surface area contributed by atoms with Crippen molar-refractivity contribution in [3.63, 3.8) is 0 Å². The van der Waals surface area contributed by atoms with E-state index < -0.39 is 0 Å². The van der Waals surface area contributed by atoms with Gasteiger partial charge in [0.1, 0.15) is 0 Å². The summed E-state index contributed by atoms with van der Waals surface area (Å²) >= 11 is 0. The van der Waals surface area contributed by atoms with Gasteiger partial charge in [-0.1, -0.05) is 13.0 Å². The number of aromatic hydroxyl groups is 2. The summed E-state index contributed by atoms with van der Waals surface area (Å²) in [6.45, 7) is 6.11. The maximum atomic E-state index is 12.6. The summed E-state index contributed by atoms with van der Waals surface area (Å²) in [5.74, 6) is -0.296. The van der Waals surface area contributed by atoms with Crippen molar-refractivity contribution in [2.75, 3.05) is 18.0 Å². The van der Waals surface area contributed by atoms with Gasteiger partial charge in [-0.05, 0) is 68.7 Å². The first kappa shape index (κ1) is 16.4. The molecule has 1 aromatic carbocycles. The number of carbonyl (C=O) groups is 1. The van der Waals surface area contributed by atoms with Crippen LogP contribution in [0.4, 0.5) is 5.69 Å². The summed E-state index contributed by atoms with van der Waals surface area (Å²) in [6.07, 6.45) is 6.84. The summed E-state index contributed by atoms with van der Waals surface area (Å²) in [4.78, 5) is 17.1. The van der Waals surface area contributed by atoms with Crippen molar-refractivity contribution in [2.24, 2.45) is 5.41 Å². The van der Waals surface area contributed by atoms with Crippen LogP contribution in [0, 0.1) is 5.41 Å². The van der Waals surface area contributed by atoms with Gasteiger partial charge in [0.25, 0.3) is 0 Å². The average molecular weight is 356 g/mol. The van der Waals surface area contributed by atoms with Gasteiger partial charge in [-0.3, -0.25) is 9.69 Å². The Kier molecular flexibility index (Phi) is 3.26. The average Bonchev–Trinajstić information content (AvgIpc) is 3.16. The van der Waals surface area contributed by atoms with E-state index in [0.717, 1.165) is 37.9 Å². The Hall–Kier alpha value is -1.75. The molecule has 1 aliphatic carbocycles. The first-order valence-corrected chi connectivity index (χ1v) is 10.1. The number of phenols is 2. The lowest BCUT2D eigenvalue weighted by Crippen LogP contribution is -2.65. The quantitative estimate of drug-likeness (QED) is 0.759. The van der Waals surface area contributed by atoms with Gasteiger partial charge < -0.3 is 15.1 Å². The molecule has 5 nitrogen and oxygen atoms in total. The van der Waals surface area contributed by atoms with Crippen LogP contribution in [0.15, 0.2) is 12.1 Å². The molecule has 5 rings (SSSR count). The molecule has 1 aromatic rings. The third kappa shape index (κ3) is 1.68. The molecule has 4 unspecified atom stereocenters. The number of hydrogen-bond acceptors (Lipinski definition) is 4. The van der Waals surface area contributed by atoms with E-state index in [1.54, 1.807) is 13.0 Å². The van der Waals surface area contributed by atoms with E-state index in [0.29, 0.717) is 17.1 Å². The molecular weight excluding hydrogens is 328 g/mol. The number of anilines is 1. The molecule has 3 heterocycles. The largest absolute Gasteiger partial charge is 0.504 e. The van der Waals surface area contributed by atoms with Crippen LogP contribution in [0.25, 0.3) is 0 Å². The molecule has 26 heavy (non-hydrogen) atoms. The van der Waals surface area contributed by atoms with Gasteiger partial charge in [-0.2, -0.15) is 0 Å². The Morgan fingerprint density at radius 3 is 2.77 bits per heavy atom. The molecule has 3 fully saturated rings. The molecule has 4 atom stereocenters. The van der Waals surface area contributed by atoms with Crippen LogP contribution in [0.5, 0.6) is 11.5 Å². The molecule has 0 radical (unpaired) electrons. The predicted octanol–water partition coefficient (Wildman–Crippen LogP) is 3.13. The van der Waals surface area contributed by atoms with Gasteiger partial charge in [0.05, 0.1) is 5.69 Å². The minimum Gasteiger partial charge on any atom is -0.504 e. The van der Waals surface area contributed by atoms with Gasteiger partial charge in [-0.25, -0.2) is 0 Å². The fraction of sp³-hybridized carbons (Fsp3) is 0.667. The summed E-state index contributed by atoms with van der Waals surface area (Å²) in [7, 11) is 0. The van der Waals surface area contributed by atoms with Gasteiger partial charge >= 0.3 is 0 Å². The van der Waals surface area contributed by atoms with Gasteiger partial charge in [-0.15, -0.1) is 0 Å². The zero-order valence-corrected chi connectivity index (χ0v) is 15.7. The van der Waals surface area contributed by atoms with Crippen LogP contribution in [0.2, 0.25) is 0 Å². The molecule has 2 N–H and O–H groups in total. The van der Waals surface area contributed by atoms with Crippen molar-refractivity contribution >= 4 is 11.6 Å². The van der Waals surface area contributed by atoms with Crippen molar-refractivity contribution in [1.82, 2.24) is 4.90 Å². The molecule has 1 saturated carbocycles. The third-order valence-electron chi connectivity index (χ3n) is 8.10. The first-order chi connectivity index (χ1) is 12.5. The molecular formula is C21H28N2O3. The number of phenolic OH excluding ortho intramolecular Hbond substituents is 2. The Morgan fingerprint density at radius 1 is 1.23 bits per heavy atom. The third-order valence-corrected chi connectivity index (χ3v) is 8.10. The van der Waals surface area contributed by atoms with Crippen molar-refractivity contribution in [3.05, 3.63) is 17.7 Å². The molecule has 2 saturated heterocycles. The summed E-state index contributed by atoms with van der Waals surface area (Å²) < 4.78 is 0. The Morgan fingerprint density at radius 2 is 2.04 bits per heavy atom. The van der Waals surface area contributed by atoms with Gasteiger partial charge in [0, 0.05) is 24.4 Å². The van der Waals surface area contributed by atoms with E-state index in [1.807, 2.05) is 11.0 Å². The van der Waals surface area contributed by atoms with Crippen molar-refractivity contribution in [1.29, 1.82) is 0 Å². The lowest BCUT2D eigenvalue weighted by molar-refractivity contribution is -0.118. The predicted molar refractivity (Wildman–Crippen MR) is 99.6 cm³/mol. The minimum atomic E-state index is -0.134. The monoisotopic (exact) mass is 356 g/mol. The molecule has 0 aromatic heterocycles. The normalized spacial score (nSPS) is 38.0.